The fraction of sp³-hybridized carbons (Fsp3) is 0.636. The van der Waals surface area contributed by atoms with Crippen molar-refractivity contribution in [3.05, 3.63) is 47.5 Å². The molecule has 0 atom stereocenters. The summed E-state index contributed by atoms with van der Waals surface area (Å²) < 4.78 is 0. The Balaban J connectivity index is 1.38. The second kappa shape index (κ2) is 8.38. The van der Waals surface area contributed by atoms with E-state index in [1.54, 1.807) is 0 Å². The number of allylic oxidation sites excluding steroid dienone is 1. The zero-order valence-corrected chi connectivity index (χ0v) is 15.1. The molecule has 0 aliphatic heterocycles. The van der Waals surface area contributed by atoms with Crippen LogP contribution in [0.2, 0.25) is 5.02 Å². The number of halogens is 1. The van der Waals surface area contributed by atoms with E-state index in [-0.39, 0.29) is 0 Å². The third-order valence-electron chi connectivity index (χ3n) is 6.40. The lowest BCUT2D eigenvalue weighted by Gasteiger charge is -2.31. The number of benzene rings is 1. The maximum absolute atomic E-state index is 6.00. The average molecular weight is 331 g/mol. The SMILES string of the molecule is C=CC1CCC(CCC2CCC(c3ccc(Cl)cc3)CC2)CC1. The zero-order valence-electron chi connectivity index (χ0n) is 14.4. The molecule has 0 N–H and O–H groups in total. The number of hydrogen-bond acceptors (Lipinski definition) is 0. The van der Waals surface area contributed by atoms with E-state index >= 15 is 0 Å². The summed E-state index contributed by atoms with van der Waals surface area (Å²) in [5.41, 5.74) is 1.50. The van der Waals surface area contributed by atoms with Gasteiger partial charge in [-0.1, -0.05) is 42.7 Å². The Morgan fingerprint density at radius 1 is 0.826 bits per heavy atom. The summed E-state index contributed by atoms with van der Waals surface area (Å²) in [6.07, 6.45) is 16.4. The maximum atomic E-state index is 6.00. The van der Waals surface area contributed by atoms with Crippen LogP contribution in [0.25, 0.3) is 0 Å². The fourth-order valence-electron chi connectivity index (χ4n) is 4.70. The molecule has 2 saturated carbocycles. The Bertz CT molecular complexity index is 473. The molecule has 23 heavy (non-hydrogen) atoms. The first-order valence-corrected chi connectivity index (χ1v) is 10.0. The van der Waals surface area contributed by atoms with Crippen molar-refractivity contribution in [2.75, 3.05) is 0 Å². The molecule has 126 valence electrons. The Labute approximate surface area is 147 Å². The van der Waals surface area contributed by atoms with Crippen molar-refractivity contribution in [3.8, 4) is 0 Å². The summed E-state index contributed by atoms with van der Waals surface area (Å²) in [6.45, 7) is 3.96. The quantitative estimate of drug-likeness (QED) is 0.494. The molecule has 1 aromatic carbocycles. The molecule has 0 heterocycles. The van der Waals surface area contributed by atoms with Gasteiger partial charge >= 0.3 is 0 Å². The lowest BCUT2D eigenvalue weighted by atomic mass is 9.74. The molecule has 0 unspecified atom stereocenters. The first-order valence-electron chi connectivity index (χ1n) is 9.62. The topological polar surface area (TPSA) is 0 Å². The molecule has 2 fully saturated rings. The van der Waals surface area contributed by atoms with Crippen LogP contribution >= 0.6 is 11.6 Å². The molecule has 1 heteroatoms. The van der Waals surface area contributed by atoms with Gasteiger partial charge in [-0.05, 0) is 92.7 Å². The van der Waals surface area contributed by atoms with Gasteiger partial charge in [-0.2, -0.15) is 0 Å². The van der Waals surface area contributed by atoms with Gasteiger partial charge < -0.3 is 0 Å². The van der Waals surface area contributed by atoms with Gasteiger partial charge in [0.15, 0.2) is 0 Å². The molecule has 2 aliphatic rings. The van der Waals surface area contributed by atoms with E-state index in [0.717, 1.165) is 28.7 Å². The number of hydrogen-bond donors (Lipinski definition) is 0. The van der Waals surface area contributed by atoms with Gasteiger partial charge in [-0.25, -0.2) is 0 Å². The standard InChI is InChI=1S/C22H31Cl/c1-2-17-3-5-18(6-4-17)7-8-19-9-11-20(12-10-19)21-13-15-22(23)16-14-21/h2,13-20H,1,3-12H2. The highest BCUT2D eigenvalue weighted by Crippen LogP contribution is 2.40. The lowest BCUT2D eigenvalue weighted by molar-refractivity contribution is 0.246. The smallest absolute Gasteiger partial charge is 0.0406 e. The molecular formula is C22H31Cl. The molecule has 0 bridgehead atoms. The van der Waals surface area contributed by atoms with Crippen LogP contribution in [-0.4, -0.2) is 0 Å². The maximum Gasteiger partial charge on any atom is 0.0406 e. The summed E-state index contributed by atoms with van der Waals surface area (Å²) in [5.74, 6) is 3.56. The van der Waals surface area contributed by atoms with Crippen molar-refractivity contribution in [3.63, 3.8) is 0 Å². The molecule has 0 nitrogen and oxygen atoms in total. The molecule has 0 radical (unpaired) electrons. The van der Waals surface area contributed by atoms with Gasteiger partial charge in [0.2, 0.25) is 0 Å². The van der Waals surface area contributed by atoms with Gasteiger partial charge in [-0.15, -0.1) is 6.58 Å². The van der Waals surface area contributed by atoms with Crippen molar-refractivity contribution in [1.29, 1.82) is 0 Å². The van der Waals surface area contributed by atoms with Crippen LogP contribution in [0, 0.1) is 17.8 Å². The molecule has 0 spiro atoms. The Kier molecular flexibility index (Phi) is 6.22. The van der Waals surface area contributed by atoms with E-state index in [1.807, 2.05) is 12.1 Å². The van der Waals surface area contributed by atoms with Gasteiger partial charge in [0.25, 0.3) is 0 Å². The number of rotatable bonds is 5. The first kappa shape index (κ1) is 17.1. The van der Waals surface area contributed by atoms with Crippen molar-refractivity contribution >= 4 is 11.6 Å². The zero-order chi connectivity index (χ0) is 16.1. The van der Waals surface area contributed by atoms with Gasteiger partial charge in [-0.3, -0.25) is 0 Å². The van der Waals surface area contributed by atoms with Crippen molar-refractivity contribution in [1.82, 2.24) is 0 Å². The van der Waals surface area contributed by atoms with Gasteiger partial charge in [0, 0.05) is 5.02 Å². The molecular weight excluding hydrogens is 300 g/mol. The average Bonchev–Trinajstić information content (AvgIpc) is 2.61. The van der Waals surface area contributed by atoms with E-state index in [0.29, 0.717) is 0 Å². The largest absolute Gasteiger partial charge is 0.103 e. The van der Waals surface area contributed by atoms with E-state index < -0.39 is 0 Å². The second-order valence-electron chi connectivity index (χ2n) is 7.86. The minimum Gasteiger partial charge on any atom is -0.103 e. The molecule has 2 aliphatic carbocycles. The fourth-order valence-corrected chi connectivity index (χ4v) is 4.83. The normalized spacial score (nSPS) is 31.7. The van der Waals surface area contributed by atoms with Crippen molar-refractivity contribution in [2.45, 2.75) is 70.1 Å². The molecule has 0 amide bonds. The van der Waals surface area contributed by atoms with Crippen LogP contribution in [0.15, 0.2) is 36.9 Å². The summed E-state index contributed by atoms with van der Waals surface area (Å²) in [5, 5.41) is 0.855. The van der Waals surface area contributed by atoms with E-state index in [4.69, 9.17) is 11.6 Å². The monoisotopic (exact) mass is 330 g/mol. The lowest BCUT2D eigenvalue weighted by Crippen LogP contribution is -2.17. The first-order chi connectivity index (χ1) is 11.2. The second-order valence-corrected chi connectivity index (χ2v) is 8.30. The van der Waals surface area contributed by atoms with Crippen LogP contribution < -0.4 is 0 Å². The van der Waals surface area contributed by atoms with Gasteiger partial charge in [0.05, 0.1) is 0 Å². The van der Waals surface area contributed by atoms with Gasteiger partial charge in [0.1, 0.15) is 0 Å². The van der Waals surface area contributed by atoms with E-state index in [2.05, 4.69) is 24.8 Å². The summed E-state index contributed by atoms with van der Waals surface area (Å²) in [7, 11) is 0. The highest BCUT2D eigenvalue weighted by atomic mass is 35.5. The Morgan fingerprint density at radius 2 is 1.35 bits per heavy atom. The van der Waals surface area contributed by atoms with Crippen molar-refractivity contribution in [2.24, 2.45) is 17.8 Å². The minimum atomic E-state index is 0.770. The Hall–Kier alpha value is -0.750. The summed E-state index contributed by atoms with van der Waals surface area (Å²) in [6, 6.07) is 8.54. The van der Waals surface area contributed by atoms with Crippen LogP contribution in [0.1, 0.15) is 75.7 Å². The van der Waals surface area contributed by atoms with Crippen LogP contribution in [0.5, 0.6) is 0 Å². The minimum absolute atomic E-state index is 0.770. The predicted molar refractivity (Wildman–Crippen MR) is 101 cm³/mol. The molecule has 3 rings (SSSR count). The molecule has 0 aromatic heterocycles. The van der Waals surface area contributed by atoms with E-state index in [9.17, 15) is 0 Å². The summed E-state index contributed by atoms with van der Waals surface area (Å²) in [4.78, 5) is 0. The molecule has 0 saturated heterocycles. The highest BCUT2D eigenvalue weighted by Gasteiger charge is 2.24. The molecule has 1 aromatic rings. The van der Waals surface area contributed by atoms with Crippen LogP contribution in [0.3, 0.4) is 0 Å². The Morgan fingerprint density at radius 3 is 1.87 bits per heavy atom. The van der Waals surface area contributed by atoms with Crippen LogP contribution in [-0.2, 0) is 0 Å². The predicted octanol–water partition coefficient (Wildman–Crippen LogP) is 7.39. The van der Waals surface area contributed by atoms with Crippen LogP contribution in [0.4, 0.5) is 0 Å². The third kappa shape index (κ3) is 4.86. The highest BCUT2D eigenvalue weighted by molar-refractivity contribution is 6.30. The van der Waals surface area contributed by atoms with E-state index in [1.165, 1.54) is 69.8 Å². The third-order valence-corrected chi connectivity index (χ3v) is 6.65. The van der Waals surface area contributed by atoms with Crippen molar-refractivity contribution < 1.29 is 0 Å². The summed E-state index contributed by atoms with van der Waals surface area (Å²) >= 11 is 6.00.